The zero-order valence-corrected chi connectivity index (χ0v) is 10.8. The summed E-state index contributed by atoms with van der Waals surface area (Å²) in [7, 11) is 1.80. The molecule has 0 radical (unpaired) electrons. The Kier molecular flexibility index (Phi) is 3.99. The summed E-state index contributed by atoms with van der Waals surface area (Å²) in [5.41, 5.74) is 7.72. The minimum Gasteiger partial charge on any atom is -0.406 e. The highest BCUT2D eigenvalue weighted by Crippen LogP contribution is 2.24. The summed E-state index contributed by atoms with van der Waals surface area (Å²) in [6, 6.07) is 5.27. The first kappa shape index (κ1) is 14.4. The van der Waals surface area contributed by atoms with E-state index in [9.17, 15) is 13.2 Å². The monoisotopic (exact) mass is 285 g/mol. The van der Waals surface area contributed by atoms with Gasteiger partial charge in [-0.1, -0.05) is 12.1 Å². The van der Waals surface area contributed by atoms with Gasteiger partial charge in [-0.25, -0.2) is 0 Å². The molecule has 108 valence electrons. The lowest BCUT2D eigenvalue weighted by atomic mass is 10.0. The highest BCUT2D eigenvalue weighted by Gasteiger charge is 2.31. The van der Waals surface area contributed by atoms with Crippen LogP contribution in [0.1, 0.15) is 17.2 Å². The van der Waals surface area contributed by atoms with Gasteiger partial charge in [0, 0.05) is 19.3 Å². The summed E-state index contributed by atoms with van der Waals surface area (Å²) < 4.78 is 41.6. The van der Waals surface area contributed by atoms with Crippen molar-refractivity contribution >= 4 is 0 Å². The van der Waals surface area contributed by atoms with Crippen LogP contribution in [0.3, 0.4) is 0 Å². The maximum atomic E-state index is 12.0. The van der Waals surface area contributed by atoms with E-state index >= 15 is 0 Å². The summed E-state index contributed by atoms with van der Waals surface area (Å²) in [4.78, 5) is 0. The van der Waals surface area contributed by atoms with Crippen molar-refractivity contribution in [1.29, 1.82) is 0 Å². The van der Waals surface area contributed by atoms with Crippen LogP contribution in [-0.2, 0) is 13.5 Å². The number of nitrogens with two attached hydrogens (primary N) is 1. The molecule has 1 heterocycles. The van der Waals surface area contributed by atoms with Crippen molar-refractivity contribution in [3.8, 4) is 5.75 Å². The van der Waals surface area contributed by atoms with Gasteiger partial charge in [0.1, 0.15) is 5.75 Å². The fourth-order valence-corrected chi connectivity index (χ4v) is 1.87. The zero-order chi connectivity index (χ0) is 14.8. The minimum absolute atomic E-state index is 0.255. The quantitative estimate of drug-likeness (QED) is 0.939. The number of halogens is 3. The lowest BCUT2D eigenvalue weighted by Gasteiger charge is -2.13. The molecule has 2 aromatic rings. The van der Waals surface area contributed by atoms with Crippen LogP contribution < -0.4 is 10.5 Å². The average Bonchev–Trinajstić information content (AvgIpc) is 2.73. The Hall–Kier alpha value is -2.02. The number of alkyl halides is 3. The van der Waals surface area contributed by atoms with E-state index in [4.69, 9.17) is 5.73 Å². The Labute approximate surface area is 114 Å². The molecule has 1 unspecified atom stereocenters. The van der Waals surface area contributed by atoms with Gasteiger partial charge in [-0.2, -0.15) is 5.10 Å². The average molecular weight is 285 g/mol. The third-order valence-corrected chi connectivity index (χ3v) is 2.76. The van der Waals surface area contributed by atoms with Gasteiger partial charge in [0.2, 0.25) is 0 Å². The van der Waals surface area contributed by atoms with E-state index in [1.807, 2.05) is 6.20 Å². The summed E-state index contributed by atoms with van der Waals surface area (Å²) in [5.74, 6) is -0.255. The molecule has 1 aromatic heterocycles. The van der Waals surface area contributed by atoms with Crippen LogP contribution in [0.4, 0.5) is 13.2 Å². The predicted octanol–water partition coefficient (Wildman–Crippen LogP) is 2.56. The molecule has 0 aliphatic carbocycles. The Morgan fingerprint density at radius 2 is 1.95 bits per heavy atom. The van der Waals surface area contributed by atoms with Crippen LogP contribution in [0, 0.1) is 0 Å². The number of aromatic nitrogens is 2. The molecule has 0 spiro atoms. The molecule has 7 heteroatoms. The second-order valence-electron chi connectivity index (χ2n) is 4.45. The predicted molar refractivity (Wildman–Crippen MR) is 67.0 cm³/mol. The molecule has 0 aliphatic rings. The molecule has 0 fully saturated rings. The molecular weight excluding hydrogens is 271 g/mol. The first-order valence-electron chi connectivity index (χ1n) is 5.92. The first-order valence-corrected chi connectivity index (χ1v) is 5.92. The van der Waals surface area contributed by atoms with Crippen LogP contribution >= 0.6 is 0 Å². The van der Waals surface area contributed by atoms with E-state index < -0.39 is 6.36 Å². The number of hydrogen-bond donors (Lipinski definition) is 1. The first-order chi connectivity index (χ1) is 9.33. The molecule has 2 rings (SSSR count). The number of benzene rings is 1. The second kappa shape index (κ2) is 5.54. The van der Waals surface area contributed by atoms with Gasteiger partial charge in [-0.15, -0.1) is 13.2 Å². The molecule has 0 amide bonds. The standard InChI is InChI=1S/C13H14F3N3O/c1-19-8-9(7-18-19)6-12(17)10-2-4-11(5-3-10)20-13(14,15)16/h2-5,7-8,12H,6,17H2,1H3. The second-order valence-corrected chi connectivity index (χ2v) is 4.45. The van der Waals surface area contributed by atoms with Gasteiger partial charge in [0.25, 0.3) is 0 Å². The minimum atomic E-state index is -4.68. The summed E-state index contributed by atoms with van der Waals surface area (Å²) in [6.45, 7) is 0. The Bertz CT molecular complexity index is 563. The van der Waals surface area contributed by atoms with E-state index in [0.29, 0.717) is 6.42 Å². The summed E-state index contributed by atoms with van der Waals surface area (Å²) >= 11 is 0. The fourth-order valence-electron chi connectivity index (χ4n) is 1.87. The highest BCUT2D eigenvalue weighted by molar-refractivity contribution is 5.30. The molecular formula is C13H14F3N3O. The zero-order valence-electron chi connectivity index (χ0n) is 10.8. The van der Waals surface area contributed by atoms with Gasteiger partial charge in [0.15, 0.2) is 0 Å². The van der Waals surface area contributed by atoms with E-state index in [0.717, 1.165) is 11.1 Å². The van der Waals surface area contributed by atoms with Crippen molar-refractivity contribution in [2.24, 2.45) is 12.8 Å². The Morgan fingerprint density at radius 1 is 1.30 bits per heavy atom. The fraction of sp³-hybridized carbons (Fsp3) is 0.308. The molecule has 0 bridgehead atoms. The van der Waals surface area contributed by atoms with Gasteiger partial charge in [0.05, 0.1) is 6.20 Å². The van der Waals surface area contributed by atoms with Crippen LogP contribution in [0.25, 0.3) is 0 Å². The summed E-state index contributed by atoms with van der Waals surface area (Å²) in [6.07, 6.45) is -0.561. The van der Waals surface area contributed by atoms with Crippen molar-refractivity contribution in [3.05, 3.63) is 47.8 Å². The van der Waals surface area contributed by atoms with Gasteiger partial charge >= 0.3 is 6.36 Å². The van der Waals surface area contributed by atoms with E-state index in [2.05, 4.69) is 9.84 Å². The number of aryl methyl sites for hydroxylation is 1. The maximum Gasteiger partial charge on any atom is 0.573 e. The van der Waals surface area contributed by atoms with Crippen molar-refractivity contribution in [1.82, 2.24) is 9.78 Å². The molecule has 0 aliphatic heterocycles. The third kappa shape index (κ3) is 3.99. The molecule has 0 saturated carbocycles. The molecule has 20 heavy (non-hydrogen) atoms. The van der Waals surface area contributed by atoms with Gasteiger partial charge in [-0.3, -0.25) is 4.68 Å². The number of rotatable bonds is 4. The van der Waals surface area contributed by atoms with Crippen molar-refractivity contribution in [2.75, 3.05) is 0 Å². The Balaban J connectivity index is 2.02. The van der Waals surface area contributed by atoms with Crippen LogP contribution in [0.2, 0.25) is 0 Å². The number of hydrogen-bond acceptors (Lipinski definition) is 3. The number of ether oxygens (including phenoxy) is 1. The van der Waals surface area contributed by atoms with Crippen molar-refractivity contribution in [3.63, 3.8) is 0 Å². The summed E-state index contributed by atoms with van der Waals surface area (Å²) in [5, 5.41) is 4.03. The Morgan fingerprint density at radius 3 is 2.45 bits per heavy atom. The van der Waals surface area contributed by atoms with E-state index in [1.54, 1.807) is 17.9 Å². The van der Waals surface area contributed by atoms with Crippen LogP contribution in [-0.4, -0.2) is 16.1 Å². The smallest absolute Gasteiger partial charge is 0.406 e. The van der Waals surface area contributed by atoms with Gasteiger partial charge in [-0.05, 0) is 29.7 Å². The molecule has 2 N–H and O–H groups in total. The maximum absolute atomic E-state index is 12.0. The van der Waals surface area contributed by atoms with Gasteiger partial charge < -0.3 is 10.5 Å². The van der Waals surface area contributed by atoms with Crippen molar-refractivity contribution < 1.29 is 17.9 Å². The van der Waals surface area contributed by atoms with Crippen molar-refractivity contribution in [2.45, 2.75) is 18.8 Å². The van der Waals surface area contributed by atoms with E-state index in [1.165, 1.54) is 24.3 Å². The van der Waals surface area contributed by atoms with E-state index in [-0.39, 0.29) is 11.8 Å². The topological polar surface area (TPSA) is 53.1 Å². The van der Waals surface area contributed by atoms with Crippen LogP contribution in [0.5, 0.6) is 5.75 Å². The largest absolute Gasteiger partial charge is 0.573 e. The lowest BCUT2D eigenvalue weighted by Crippen LogP contribution is -2.17. The molecule has 1 aromatic carbocycles. The van der Waals surface area contributed by atoms with Crippen LogP contribution in [0.15, 0.2) is 36.7 Å². The third-order valence-electron chi connectivity index (χ3n) is 2.76. The SMILES string of the molecule is Cn1cc(CC(N)c2ccc(OC(F)(F)F)cc2)cn1. The normalized spacial score (nSPS) is 13.2. The lowest BCUT2D eigenvalue weighted by molar-refractivity contribution is -0.274. The molecule has 4 nitrogen and oxygen atoms in total. The molecule has 0 saturated heterocycles. The number of nitrogens with zero attached hydrogens (tertiary/aromatic N) is 2. The molecule has 1 atom stereocenters. The highest BCUT2D eigenvalue weighted by atomic mass is 19.4.